The van der Waals surface area contributed by atoms with E-state index < -0.39 is 5.79 Å². The third kappa shape index (κ3) is 25.0. The first-order chi connectivity index (χ1) is 17.0. The monoisotopic (exact) mass is 496 g/mol. The molecule has 210 valence electrons. The smallest absolute Gasteiger partial charge is 0.223 e. The Labute approximate surface area is 220 Å². The van der Waals surface area contributed by atoms with Crippen LogP contribution in [-0.4, -0.2) is 21.8 Å². The van der Waals surface area contributed by atoms with Crippen LogP contribution in [0.1, 0.15) is 194 Å². The van der Waals surface area contributed by atoms with E-state index in [0.717, 1.165) is 38.5 Å². The summed E-state index contributed by atoms with van der Waals surface area (Å²) in [5, 5.41) is 20.3. The molecule has 0 aromatic rings. The molecule has 0 aromatic heterocycles. The highest BCUT2D eigenvalue weighted by Gasteiger charge is 2.31. The van der Waals surface area contributed by atoms with E-state index in [9.17, 15) is 15.0 Å². The molecule has 0 atom stereocenters. The molecule has 2 N–H and O–H groups in total. The largest absolute Gasteiger partial charge is 0.360 e. The lowest BCUT2D eigenvalue weighted by Crippen LogP contribution is -2.38. The number of aliphatic hydroxyl groups is 2. The third-order valence-corrected chi connectivity index (χ3v) is 7.58. The zero-order valence-electron chi connectivity index (χ0n) is 24.1. The maximum atomic E-state index is 12.2. The quantitative estimate of drug-likeness (QED) is 0.0799. The van der Waals surface area contributed by atoms with Crippen molar-refractivity contribution in [1.29, 1.82) is 0 Å². The van der Waals surface area contributed by atoms with Crippen LogP contribution in [0.3, 0.4) is 0 Å². The van der Waals surface area contributed by atoms with Gasteiger partial charge in [0.2, 0.25) is 5.79 Å². The molecule has 0 spiro atoms. The Balaban J connectivity index is 3.44. The van der Waals surface area contributed by atoms with Gasteiger partial charge in [-0.1, -0.05) is 168 Å². The van der Waals surface area contributed by atoms with Crippen molar-refractivity contribution in [2.75, 3.05) is 0 Å². The minimum absolute atomic E-state index is 0.196. The summed E-state index contributed by atoms with van der Waals surface area (Å²) in [6, 6.07) is 0. The van der Waals surface area contributed by atoms with Crippen LogP contribution in [0.2, 0.25) is 0 Å². The molecular weight excluding hydrogens is 432 g/mol. The van der Waals surface area contributed by atoms with Gasteiger partial charge in [-0.15, -0.1) is 0 Å². The van der Waals surface area contributed by atoms with Gasteiger partial charge in [0.15, 0.2) is 5.78 Å². The molecule has 0 fully saturated rings. The van der Waals surface area contributed by atoms with Crippen molar-refractivity contribution in [3.05, 3.63) is 0 Å². The van der Waals surface area contributed by atoms with Crippen LogP contribution < -0.4 is 0 Å². The Bertz CT molecular complexity index is 433. The summed E-state index contributed by atoms with van der Waals surface area (Å²) in [5.41, 5.74) is 0. The topological polar surface area (TPSA) is 57.5 Å². The van der Waals surface area contributed by atoms with Crippen molar-refractivity contribution in [2.45, 2.75) is 199 Å². The van der Waals surface area contributed by atoms with Crippen molar-refractivity contribution < 1.29 is 15.0 Å². The molecule has 0 aliphatic carbocycles. The number of ketones is 1. The Morgan fingerprint density at radius 2 is 0.686 bits per heavy atom. The van der Waals surface area contributed by atoms with Crippen molar-refractivity contribution in [3.63, 3.8) is 0 Å². The summed E-state index contributed by atoms with van der Waals surface area (Å²) in [6.07, 6.45) is 33.3. The second-order valence-electron chi connectivity index (χ2n) is 11.2. The lowest BCUT2D eigenvalue weighted by Gasteiger charge is -2.20. The summed E-state index contributed by atoms with van der Waals surface area (Å²) < 4.78 is 0. The first-order valence-corrected chi connectivity index (χ1v) is 16.0. The molecule has 35 heavy (non-hydrogen) atoms. The number of hydrogen-bond acceptors (Lipinski definition) is 3. The first kappa shape index (κ1) is 34.6. The third-order valence-electron chi connectivity index (χ3n) is 7.58. The van der Waals surface area contributed by atoms with E-state index >= 15 is 0 Å². The average Bonchev–Trinajstić information content (AvgIpc) is 2.84. The van der Waals surface area contributed by atoms with Crippen LogP contribution >= 0.6 is 0 Å². The van der Waals surface area contributed by atoms with Crippen LogP contribution in [0.15, 0.2) is 0 Å². The van der Waals surface area contributed by atoms with E-state index in [-0.39, 0.29) is 12.2 Å². The molecule has 0 unspecified atom stereocenters. The second kappa shape index (κ2) is 26.6. The zero-order chi connectivity index (χ0) is 25.9. The molecule has 3 heteroatoms. The molecule has 0 heterocycles. The Hall–Kier alpha value is -0.410. The molecule has 0 rings (SSSR count). The van der Waals surface area contributed by atoms with Gasteiger partial charge in [-0.05, 0) is 12.8 Å². The molecule has 0 aromatic carbocycles. The van der Waals surface area contributed by atoms with Crippen molar-refractivity contribution >= 4 is 5.78 Å². The summed E-state index contributed by atoms with van der Waals surface area (Å²) in [6.45, 7) is 4.53. The molecular formula is C32H64O3. The summed E-state index contributed by atoms with van der Waals surface area (Å²) in [5.74, 6) is -2.48. The fourth-order valence-corrected chi connectivity index (χ4v) is 5.03. The first-order valence-electron chi connectivity index (χ1n) is 16.0. The lowest BCUT2D eigenvalue weighted by molar-refractivity contribution is -0.185. The van der Waals surface area contributed by atoms with Crippen LogP contribution in [0.4, 0.5) is 0 Å². The average molecular weight is 497 g/mol. The van der Waals surface area contributed by atoms with Gasteiger partial charge in [-0.2, -0.15) is 0 Å². The SMILES string of the molecule is CCCCCCCCCCCCCCCC(=O)C(O)(O)CCCCCCCCCCCCCCC. The molecule has 0 aliphatic rings. The van der Waals surface area contributed by atoms with Gasteiger partial charge in [0, 0.05) is 12.8 Å². The maximum Gasteiger partial charge on any atom is 0.223 e. The number of carbonyl (C=O) groups excluding carboxylic acids is 1. The molecule has 0 saturated heterocycles. The van der Waals surface area contributed by atoms with Gasteiger partial charge in [0.25, 0.3) is 0 Å². The van der Waals surface area contributed by atoms with Gasteiger partial charge >= 0.3 is 0 Å². The van der Waals surface area contributed by atoms with Gasteiger partial charge in [-0.25, -0.2) is 0 Å². The van der Waals surface area contributed by atoms with E-state index in [1.54, 1.807) is 0 Å². The Morgan fingerprint density at radius 3 is 1.00 bits per heavy atom. The van der Waals surface area contributed by atoms with Gasteiger partial charge in [-0.3, -0.25) is 4.79 Å². The van der Waals surface area contributed by atoms with Crippen LogP contribution in [0, 0.1) is 0 Å². The normalized spacial score (nSPS) is 11.9. The Kier molecular flexibility index (Phi) is 26.3. The molecule has 0 radical (unpaired) electrons. The summed E-state index contributed by atoms with van der Waals surface area (Å²) >= 11 is 0. The van der Waals surface area contributed by atoms with Crippen molar-refractivity contribution in [3.8, 4) is 0 Å². The van der Waals surface area contributed by atoms with E-state index in [1.807, 2.05) is 0 Å². The van der Waals surface area contributed by atoms with Crippen LogP contribution in [0.5, 0.6) is 0 Å². The standard InChI is InChI=1S/C32H64O3/c1-3-5-7-9-11-13-15-17-19-21-23-25-27-29-31(33)32(34,35)30-28-26-24-22-20-18-16-14-12-10-8-6-4-2/h34-35H,3-30H2,1-2H3. The zero-order valence-corrected chi connectivity index (χ0v) is 24.1. The highest BCUT2D eigenvalue weighted by atomic mass is 16.5. The summed E-state index contributed by atoms with van der Waals surface area (Å²) in [4.78, 5) is 12.2. The van der Waals surface area contributed by atoms with Gasteiger partial charge in [0.05, 0.1) is 0 Å². The van der Waals surface area contributed by atoms with E-state index in [2.05, 4.69) is 13.8 Å². The van der Waals surface area contributed by atoms with E-state index in [1.165, 1.54) is 128 Å². The fourth-order valence-electron chi connectivity index (χ4n) is 5.03. The van der Waals surface area contributed by atoms with Gasteiger partial charge < -0.3 is 10.2 Å². The lowest BCUT2D eigenvalue weighted by atomic mass is 9.97. The highest BCUT2D eigenvalue weighted by Crippen LogP contribution is 2.19. The number of hydrogen-bond donors (Lipinski definition) is 2. The minimum Gasteiger partial charge on any atom is -0.360 e. The van der Waals surface area contributed by atoms with Gasteiger partial charge in [0.1, 0.15) is 0 Å². The molecule has 3 nitrogen and oxygen atoms in total. The molecule has 0 aliphatic heterocycles. The van der Waals surface area contributed by atoms with E-state index in [0.29, 0.717) is 6.42 Å². The fraction of sp³-hybridized carbons (Fsp3) is 0.969. The number of Topliss-reactive ketones (excluding diaryl/α,β-unsaturated/α-hetero) is 1. The maximum absolute atomic E-state index is 12.2. The Morgan fingerprint density at radius 1 is 0.429 bits per heavy atom. The van der Waals surface area contributed by atoms with Crippen LogP contribution in [-0.2, 0) is 4.79 Å². The van der Waals surface area contributed by atoms with Crippen LogP contribution in [0.25, 0.3) is 0 Å². The molecule has 0 saturated carbocycles. The predicted octanol–water partition coefficient (Wildman–Crippen LogP) is 10.2. The summed E-state index contributed by atoms with van der Waals surface area (Å²) in [7, 11) is 0. The van der Waals surface area contributed by atoms with Crippen molar-refractivity contribution in [2.24, 2.45) is 0 Å². The predicted molar refractivity (Wildman–Crippen MR) is 153 cm³/mol. The second-order valence-corrected chi connectivity index (χ2v) is 11.2. The molecule has 0 bridgehead atoms. The number of carbonyl (C=O) groups is 1. The number of rotatable bonds is 29. The minimum atomic E-state index is -2.10. The highest BCUT2D eigenvalue weighted by molar-refractivity contribution is 5.85. The van der Waals surface area contributed by atoms with E-state index in [4.69, 9.17) is 0 Å². The van der Waals surface area contributed by atoms with Crippen molar-refractivity contribution in [1.82, 2.24) is 0 Å². The molecule has 0 amide bonds. The number of unbranched alkanes of at least 4 members (excludes halogenated alkanes) is 24.